The van der Waals surface area contributed by atoms with Crippen molar-refractivity contribution in [3.8, 4) is 22.2 Å². The molecule has 0 N–H and O–H groups in total. The van der Waals surface area contributed by atoms with E-state index in [-0.39, 0.29) is 0 Å². The van der Waals surface area contributed by atoms with Crippen molar-refractivity contribution in [2.75, 3.05) is 14.2 Å². The van der Waals surface area contributed by atoms with Crippen LogP contribution >= 0.6 is 38.9 Å². The summed E-state index contributed by atoms with van der Waals surface area (Å²) in [5, 5.41) is 3.02. The number of halogens is 2. The van der Waals surface area contributed by atoms with Crippen LogP contribution in [0.5, 0.6) is 11.5 Å². The largest absolute Gasteiger partial charge is 0.496 e. The molecule has 0 aliphatic heterocycles. The van der Waals surface area contributed by atoms with Gasteiger partial charge < -0.3 is 9.47 Å². The van der Waals surface area contributed by atoms with Gasteiger partial charge in [-0.05, 0) is 28.1 Å². The molecule has 3 aromatic rings. The molecule has 0 fully saturated rings. The van der Waals surface area contributed by atoms with Gasteiger partial charge in [-0.15, -0.1) is 11.3 Å². The highest BCUT2D eigenvalue weighted by Crippen LogP contribution is 2.37. The zero-order valence-corrected chi connectivity index (χ0v) is 14.3. The van der Waals surface area contributed by atoms with Gasteiger partial charge in [0.05, 0.1) is 24.5 Å². The molecule has 2 aromatic heterocycles. The molecule has 0 radical (unpaired) electrons. The van der Waals surface area contributed by atoms with Crippen molar-refractivity contribution in [2.45, 2.75) is 0 Å². The summed E-state index contributed by atoms with van der Waals surface area (Å²) in [4.78, 5) is 9.86. The number of benzene rings is 1. The second kappa shape index (κ2) is 5.79. The Morgan fingerprint density at radius 2 is 2.00 bits per heavy atom. The Bertz CT molecular complexity index is 822. The van der Waals surface area contributed by atoms with Gasteiger partial charge in [0.1, 0.15) is 22.2 Å². The molecule has 0 spiro atoms. The Kier molecular flexibility index (Phi) is 4.01. The lowest BCUT2D eigenvalue weighted by molar-refractivity contribution is 0.417. The fraction of sp³-hybridized carbons (Fsp3) is 0.143. The highest BCUT2D eigenvalue weighted by molar-refractivity contribution is 9.10. The normalized spacial score (nSPS) is 10.9. The smallest absolute Gasteiger partial charge is 0.171 e. The standard InChI is InChI=1S/C14H10BrClN2O2S/c1-19-7-5-10(21-6-7)14-17-12-9(20-2)4-3-8(15)11(12)13(16)18-14/h3-6H,1-2H3. The van der Waals surface area contributed by atoms with E-state index in [1.807, 2.05) is 23.6 Å². The first-order chi connectivity index (χ1) is 10.1. The minimum Gasteiger partial charge on any atom is -0.496 e. The summed E-state index contributed by atoms with van der Waals surface area (Å²) < 4.78 is 11.4. The highest BCUT2D eigenvalue weighted by Gasteiger charge is 2.15. The van der Waals surface area contributed by atoms with Crippen LogP contribution in [0.3, 0.4) is 0 Å². The molecule has 3 rings (SSSR count). The number of thiophene rings is 1. The minimum absolute atomic E-state index is 0.383. The van der Waals surface area contributed by atoms with Crippen LogP contribution in [0.1, 0.15) is 0 Å². The van der Waals surface area contributed by atoms with Gasteiger partial charge in [0, 0.05) is 15.9 Å². The second-order valence-corrected chi connectivity index (χ2v) is 6.29. The van der Waals surface area contributed by atoms with Crippen LogP contribution in [-0.4, -0.2) is 24.2 Å². The average Bonchev–Trinajstić information content (AvgIpc) is 2.96. The monoisotopic (exact) mass is 384 g/mol. The van der Waals surface area contributed by atoms with Crippen molar-refractivity contribution in [3.63, 3.8) is 0 Å². The number of hydrogen-bond acceptors (Lipinski definition) is 5. The number of fused-ring (bicyclic) bond motifs is 1. The molecule has 0 saturated carbocycles. The molecule has 0 amide bonds. The summed E-state index contributed by atoms with van der Waals surface area (Å²) in [7, 11) is 3.23. The van der Waals surface area contributed by atoms with Crippen LogP contribution < -0.4 is 9.47 Å². The number of nitrogens with zero attached hydrogens (tertiary/aromatic N) is 2. The molecule has 108 valence electrons. The molecule has 0 saturated heterocycles. The Labute approximate surface area is 138 Å². The van der Waals surface area contributed by atoms with E-state index in [0.717, 1.165) is 20.5 Å². The van der Waals surface area contributed by atoms with Crippen LogP contribution in [0.25, 0.3) is 21.6 Å². The summed E-state index contributed by atoms with van der Waals surface area (Å²) >= 11 is 11.3. The van der Waals surface area contributed by atoms with E-state index in [1.54, 1.807) is 14.2 Å². The van der Waals surface area contributed by atoms with E-state index in [9.17, 15) is 0 Å². The van der Waals surface area contributed by atoms with Crippen LogP contribution in [-0.2, 0) is 0 Å². The molecule has 1 aromatic carbocycles. The highest BCUT2D eigenvalue weighted by atomic mass is 79.9. The van der Waals surface area contributed by atoms with Crippen molar-refractivity contribution in [1.82, 2.24) is 9.97 Å². The van der Waals surface area contributed by atoms with E-state index < -0.39 is 0 Å². The molecular weight excluding hydrogens is 376 g/mol. The van der Waals surface area contributed by atoms with Crippen molar-refractivity contribution in [1.29, 1.82) is 0 Å². The van der Waals surface area contributed by atoms with E-state index in [2.05, 4.69) is 25.9 Å². The molecule has 0 aliphatic carbocycles. The average molecular weight is 386 g/mol. The van der Waals surface area contributed by atoms with Gasteiger partial charge in [-0.25, -0.2) is 9.97 Å². The van der Waals surface area contributed by atoms with Crippen LogP contribution in [0.4, 0.5) is 0 Å². The van der Waals surface area contributed by atoms with Crippen LogP contribution in [0.2, 0.25) is 5.15 Å². The molecule has 0 bridgehead atoms. The maximum Gasteiger partial charge on any atom is 0.171 e. The molecule has 4 nitrogen and oxygen atoms in total. The van der Waals surface area contributed by atoms with Gasteiger partial charge in [0.2, 0.25) is 0 Å². The molecule has 2 heterocycles. The van der Waals surface area contributed by atoms with Gasteiger partial charge in [-0.3, -0.25) is 0 Å². The fourth-order valence-electron chi connectivity index (χ4n) is 1.95. The van der Waals surface area contributed by atoms with Crippen molar-refractivity contribution in [2.24, 2.45) is 0 Å². The fourth-order valence-corrected chi connectivity index (χ4v) is 3.63. The topological polar surface area (TPSA) is 44.2 Å². The zero-order chi connectivity index (χ0) is 15.0. The van der Waals surface area contributed by atoms with Crippen molar-refractivity contribution in [3.05, 3.63) is 33.2 Å². The SMILES string of the molecule is COc1csc(-c2nc(Cl)c3c(Br)ccc(OC)c3n2)c1. The molecule has 0 atom stereocenters. The number of ether oxygens (including phenoxy) is 2. The van der Waals surface area contributed by atoms with E-state index >= 15 is 0 Å². The number of rotatable bonds is 3. The predicted octanol–water partition coefficient (Wildman–Crippen LogP) is 4.79. The lowest BCUT2D eigenvalue weighted by Crippen LogP contribution is -1.94. The molecule has 7 heteroatoms. The van der Waals surface area contributed by atoms with Crippen molar-refractivity contribution >= 4 is 49.8 Å². The maximum absolute atomic E-state index is 6.32. The Hall–Kier alpha value is -1.37. The number of methoxy groups -OCH3 is 2. The zero-order valence-electron chi connectivity index (χ0n) is 11.2. The first-order valence-electron chi connectivity index (χ1n) is 5.96. The molecule has 0 aliphatic rings. The van der Waals surface area contributed by atoms with Gasteiger partial charge in [0.25, 0.3) is 0 Å². The molecule has 21 heavy (non-hydrogen) atoms. The third kappa shape index (κ3) is 2.59. The minimum atomic E-state index is 0.383. The van der Waals surface area contributed by atoms with Gasteiger partial charge in [-0.1, -0.05) is 11.6 Å². The Balaban J connectivity index is 2.26. The van der Waals surface area contributed by atoms with Gasteiger partial charge in [0.15, 0.2) is 5.82 Å². The Morgan fingerprint density at radius 1 is 1.19 bits per heavy atom. The summed E-state index contributed by atoms with van der Waals surface area (Å²) in [6.45, 7) is 0. The van der Waals surface area contributed by atoms with Gasteiger partial charge in [-0.2, -0.15) is 0 Å². The third-order valence-electron chi connectivity index (χ3n) is 2.97. The van der Waals surface area contributed by atoms with E-state index in [1.165, 1.54) is 11.3 Å². The quantitative estimate of drug-likeness (QED) is 0.608. The van der Waals surface area contributed by atoms with Crippen LogP contribution in [0, 0.1) is 0 Å². The number of aromatic nitrogens is 2. The second-order valence-electron chi connectivity index (χ2n) is 4.16. The lowest BCUT2D eigenvalue weighted by Gasteiger charge is -2.08. The number of hydrogen-bond donors (Lipinski definition) is 0. The lowest BCUT2D eigenvalue weighted by atomic mass is 10.2. The van der Waals surface area contributed by atoms with Gasteiger partial charge >= 0.3 is 0 Å². The van der Waals surface area contributed by atoms with Crippen molar-refractivity contribution < 1.29 is 9.47 Å². The maximum atomic E-state index is 6.32. The summed E-state index contributed by atoms with van der Waals surface area (Å²) in [5.41, 5.74) is 0.675. The van der Waals surface area contributed by atoms with Crippen LogP contribution in [0.15, 0.2) is 28.1 Å². The Morgan fingerprint density at radius 3 is 2.67 bits per heavy atom. The summed E-state index contributed by atoms with van der Waals surface area (Å²) in [5.74, 6) is 1.98. The first kappa shape index (κ1) is 14.6. The third-order valence-corrected chi connectivity index (χ3v) is 4.81. The van der Waals surface area contributed by atoms with E-state index in [0.29, 0.717) is 22.2 Å². The first-order valence-corrected chi connectivity index (χ1v) is 8.01. The van der Waals surface area contributed by atoms with E-state index in [4.69, 9.17) is 21.1 Å². The molecular formula is C14H10BrClN2O2S. The molecule has 0 unspecified atom stereocenters. The summed E-state index contributed by atoms with van der Waals surface area (Å²) in [6, 6.07) is 5.59. The summed E-state index contributed by atoms with van der Waals surface area (Å²) in [6.07, 6.45) is 0. The predicted molar refractivity (Wildman–Crippen MR) is 88.7 cm³/mol.